The molecule has 9 heteroatoms. The van der Waals surface area contributed by atoms with Crippen LogP contribution in [0.25, 0.3) is 10.8 Å². The number of hydrogen-bond acceptors (Lipinski definition) is 7. The van der Waals surface area contributed by atoms with Crippen LogP contribution in [0.15, 0.2) is 71.8 Å². The zero-order chi connectivity index (χ0) is 25.9. The van der Waals surface area contributed by atoms with Crippen LogP contribution in [0.5, 0.6) is 23.0 Å². The summed E-state index contributed by atoms with van der Waals surface area (Å²) in [4.78, 5) is 4.76. The molecule has 8 nitrogen and oxygen atoms in total. The number of nitrogens with zero attached hydrogens (tertiary/aromatic N) is 1. The second-order valence-corrected chi connectivity index (χ2v) is 9.82. The van der Waals surface area contributed by atoms with Gasteiger partial charge in [-0.15, -0.1) is 0 Å². The average molecular weight is 509 g/mol. The number of benzene rings is 3. The normalized spacial score (nSPS) is 12.2. The maximum atomic E-state index is 13.5. The largest absolute Gasteiger partial charge is 0.493 e. The number of fused-ring (bicyclic) bond motifs is 1. The molecule has 1 aromatic heterocycles. The Labute approximate surface area is 210 Å². The number of sulfonamides is 1. The lowest BCUT2D eigenvalue weighted by atomic mass is 9.98. The first-order valence-electron chi connectivity index (χ1n) is 11.1. The summed E-state index contributed by atoms with van der Waals surface area (Å²) in [6, 6.07) is 16.5. The van der Waals surface area contributed by atoms with Crippen molar-refractivity contribution in [3.05, 3.63) is 83.7 Å². The minimum atomic E-state index is -3.92. The molecule has 0 radical (unpaired) electrons. The van der Waals surface area contributed by atoms with E-state index in [2.05, 4.69) is 9.71 Å². The number of aromatic nitrogens is 1. The molecule has 36 heavy (non-hydrogen) atoms. The van der Waals surface area contributed by atoms with Crippen LogP contribution in [0, 0.1) is 6.92 Å². The zero-order valence-corrected chi connectivity index (χ0v) is 21.5. The number of aryl methyl sites for hydroxylation is 1. The van der Waals surface area contributed by atoms with Gasteiger partial charge in [0.25, 0.3) is 0 Å². The molecule has 4 aromatic rings. The maximum Gasteiger partial charge on any atom is 0.241 e. The number of nitrogens with one attached hydrogen (secondary N) is 1. The molecule has 0 saturated heterocycles. The molecule has 188 valence electrons. The first-order chi connectivity index (χ1) is 17.3. The Bertz CT molecular complexity index is 1490. The summed E-state index contributed by atoms with van der Waals surface area (Å²) in [6.07, 6.45) is 1.64. The molecule has 3 aromatic carbocycles. The van der Waals surface area contributed by atoms with Crippen molar-refractivity contribution in [1.82, 2.24) is 9.71 Å². The highest BCUT2D eigenvalue weighted by Gasteiger charge is 2.27. The zero-order valence-electron chi connectivity index (χ0n) is 20.7. The van der Waals surface area contributed by atoms with Crippen molar-refractivity contribution in [2.75, 3.05) is 28.4 Å². The van der Waals surface area contributed by atoms with Crippen LogP contribution in [-0.2, 0) is 10.0 Å². The number of ether oxygens (including phenoxy) is 4. The predicted octanol–water partition coefficient (Wildman–Crippen LogP) is 4.65. The van der Waals surface area contributed by atoms with E-state index in [-0.39, 0.29) is 4.90 Å². The van der Waals surface area contributed by atoms with Gasteiger partial charge in [0.1, 0.15) is 0 Å². The molecule has 0 amide bonds. The minimum absolute atomic E-state index is 0.151. The van der Waals surface area contributed by atoms with Gasteiger partial charge in [0.05, 0.1) is 45.1 Å². The molecule has 4 rings (SSSR count). The second-order valence-electron chi connectivity index (χ2n) is 8.11. The lowest BCUT2D eigenvalue weighted by Gasteiger charge is -2.22. The molecule has 0 aliphatic carbocycles. The van der Waals surface area contributed by atoms with Crippen molar-refractivity contribution >= 4 is 20.8 Å². The van der Waals surface area contributed by atoms with Gasteiger partial charge in [-0.1, -0.05) is 23.8 Å². The van der Waals surface area contributed by atoms with Crippen molar-refractivity contribution in [3.63, 3.8) is 0 Å². The first-order valence-corrected chi connectivity index (χ1v) is 12.6. The topological polar surface area (TPSA) is 96.0 Å². The smallest absolute Gasteiger partial charge is 0.241 e. The van der Waals surface area contributed by atoms with Gasteiger partial charge in [-0.2, -0.15) is 4.72 Å². The highest BCUT2D eigenvalue weighted by atomic mass is 32.2. The third kappa shape index (κ3) is 4.93. The molecular weight excluding hydrogens is 480 g/mol. The van der Waals surface area contributed by atoms with E-state index in [4.69, 9.17) is 18.9 Å². The number of pyridine rings is 1. The van der Waals surface area contributed by atoms with Gasteiger partial charge in [0.2, 0.25) is 10.0 Å². The third-order valence-corrected chi connectivity index (χ3v) is 7.36. The summed E-state index contributed by atoms with van der Waals surface area (Å²) >= 11 is 0. The van der Waals surface area contributed by atoms with E-state index in [1.807, 2.05) is 19.1 Å². The van der Waals surface area contributed by atoms with Crippen LogP contribution >= 0.6 is 0 Å². The number of methoxy groups -OCH3 is 4. The first kappa shape index (κ1) is 25.3. The fourth-order valence-electron chi connectivity index (χ4n) is 4.01. The maximum absolute atomic E-state index is 13.5. The van der Waals surface area contributed by atoms with Crippen LogP contribution in [0.1, 0.15) is 22.9 Å². The van der Waals surface area contributed by atoms with Crippen LogP contribution in [-0.4, -0.2) is 41.8 Å². The summed E-state index contributed by atoms with van der Waals surface area (Å²) in [5, 5.41) is 1.53. The van der Waals surface area contributed by atoms with Gasteiger partial charge in [-0.25, -0.2) is 8.42 Å². The Morgan fingerprint density at radius 2 is 1.36 bits per heavy atom. The Kier molecular flexibility index (Phi) is 7.32. The van der Waals surface area contributed by atoms with E-state index in [0.717, 1.165) is 10.9 Å². The third-order valence-electron chi connectivity index (χ3n) is 5.92. The molecule has 0 saturated carbocycles. The van der Waals surface area contributed by atoms with Gasteiger partial charge in [0, 0.05) is 11.6 Å². The predicted molar refractivity (Wildman–Crippen MR) is 138 cm³/mol. The van der Waals surface area contributed by atoms with E-state index in [9.17, 15) is 8.42 Å². The van der Waals surface area contributed by atoms with E-state index in [1.54, 1.807) is 76.1 Å². The van der Waals surface area contributed by atoms with Gasteiger partial charge >= 0.3 is 0 Å². The minimum Gasteiger partial charge on any atom is -0.493 e. The van der Waals surface area contributed by atoms with Crippen LogP contribution in [0.4, 0.5) is 0 Å². The summed E-state index contributed by atoms with van der Waals surface area (Å²) in [7, 11) is 2.26. The van der Waals surface area contributed by atoms with Gasteiger partial charge in [0.15, 0.2) is 23.0 Å². The molecule has 1 N–H and O–H groups in total. The monoisotopic (exact) mass is 508 g/mol. The molecule has 0 bridgehead atoms. The second kappa shape index (κ2) is 10.4. The van der Waals surface area contributed by atoms with Crippen molar-refractivity contribution in [3.8, 4) is 23.0 Å². The quantitative estimate of drug-likeness (QED) is 0.352. The number of hydrogen-bond donors (Lipinski definition) is 1. The van der Waals surface area contributed by atoms with Crippen molar-refractivity contribution in [1.29, 1.82) is 0 Å². The molecular formula is C27H28N2O6S. The molecule has 1 atom stereocenters. The summed E-state index contributed by atoms with van der Waals surface area (Å²) in [6.45, 7) is 1.90. The van der Waals surface area contributed by atoms with Crippen molar-refractivity contribution in [2.45, 2.75) is 17.9 Å². The molecule has 0 aliphatic rings. The lowest BCUT2D eigenvalue weighted by molar-refractivity contribution is 0.354. The number of rotatable bonds is 9. The molecule has 0 fully saturated rings. The fraction of sp³-hybridized carbons (Fsp3) is 0.222. The highest BCUT2D eigenvalue weighted by Crippen LogP contribution is 2.38. The standard InChI is InChI=1S/C27H28N2O6S/c1-17-6-9-20(10-7-17)36(30,31)29-26(19-8-11-22(32-2)23(15-19)33-3)27-21-16-25(35-5)24(34-4)14-18(21)12-13-28-27/h6-16,26,29H,1-5H3/t26-/m1/s1. The molecule has 0 spiro atoms. The molecule has 0 unspecified atom stereocenters. The Morgan fingerprint density at radius 3 is 2.00 bits per heavy atom. The van der Waals surface area contributed by atoms with E-state index in [1.165, 1.54) is 7.11 Å². The Morgan fingerprint density at radius 1 is 0.750 bits per heavy atom. The average Bonchev–Trinajstić information content (AvgIpc) is 2.90. The van der Waals surface area contributed by atoms with E-state index >= 15 is 0 Å². The Balaban J connectivity index is 1.93. The SMILES string of the molecule is COc1ccc([C@@H](NS(=O)(=O)c2ccc(C)cc2)c2nccc3cc(OC)c(OC)cc23)cc1OC. The fourth-order valence-corrected chi connectivity index (χ4v) is 5.20. The van der Waals surface area contributed by atoms with Crippen LogP contribution < -0.4 is 23.7 Å². The van der Waals surface area contributed by atoms with E-state index in [0.29, 0.717) is 39.6 Å². The van der Waals surface area contributed by atoms with Crippen LogP contribution in [0.3, 0.4) is 0 Å². The van der Waals surface area contributed by atoms with E-state index < -0.39 is 16.1 Å². The van der Waals surface area contributed by atoms with Crippen molar-refractivity contribution in [2.24, 2.45) is 0 Å². The molecule has 1 heterocycles. The summed E-state index contributed by atoms with van der Waals surface area (Å²) in [5.41, 5.74) is 2.08. The molecule has 0 aliphatic heterocycles. The van der Waals surface area contributed by atoms with Crippen LogP contribution in [0.2, 0.25) is 0 Å². The Hall–Kier alpha value is -3.82. The lowest BCUT2D eigenvalue weighted by Crippen LogP contribution is -2.30. The van der Waals surface area contributed by atoms with Gasteiger partial charge in [-0.3, -0.25) is 4.98 Å². The summed E-state index contributed by atoms with van der Waals surface area (Å²) in [5.74, 6) is 2.06. The summed E-state index contributed by atoms with van der Waals surface area (Å²) < 4.78 is 51.7. The highest BCUT2D eigenvalue weighted by molar-refractivity contribution is 7.89. The van der Waals surface area contributed by atoms with Gasteiger partial charge < -0.3 is 18.9 Å². The van der Waals surface area contributed by atoms with Crippen molar-refractivity contribution < 1.29 is 27.4 Å². The van der Waals surface area contributed by atoms with Gasteiger partial charge in [-0.05, 0) is 60.3 Å².